The third-order valence-corrected chi connectivity index (χ3v) is 3.90. The Labute approximate surface area is 102 Å². The largest absolute Gasteiger partial charge is 0.356 e. The minimum atomic E-state index is 0.433. The van der Waals surface area contributed by atoms with E-state index in [4.69, 9.17) is 4.52 Å². The van der Waals surface area contributed by atoms with Gasteiger partial charge in [-0.2, -0.15) is 0 Å². The number of nitrogens with one attached hydrogen (secondary N) is 1. The first kappa shape index (κ1) is 11.0. The molecular weight excluding hydrogens is 212 g/mol. The summed E-state index contributed by atoms with van der Waals surface area (Å²) in [6.45, 7) is 4.29. The first-order chi connectivity index (χ1) is 8.24. The van der Waals surface area contributed by atoms with Gasteiger partial charge in [-0.1, -0.05) is 25.1 Å². The molecule has 2 aliphatic heterocycles. The fraction of sp³-hybridized carbons (Fsp3) is 0.643. The van der Waals surface area contributed by atoms with E-state index in [1.807, 2.05) is 0 Å². The van der Waals surface area contributed by atoms with Gasteiger partial charge < -0.3 is 9.84 Å². The lowest BCUT2D eigenvalue weighted by Gasteiger charge is -2.11. The molecule has 2 aliphatic rings. The summed E-state index contributed by atoms with van der Waals surface area (Å²) in [5.74, 6) is 1.40. The highest BCUT2D eigenvalue weighted by Crippen LogP contribution is 2.32. The van der Waals surface area contributed by atoms with Crippen molar-refractivity contribution in [2.45, 2.75) is 57.5 Å². The Kier molecular flexibility index (Phi) is 2.79. The van der Waals surface area contributed by atoms with Crippen molar-refractivity contribution in [3.8, 4) is 0 Å². The van der Waals surface area contributed by atoms with Crippen molar-refractivity contribution in [2.75, 3.05) is 0 Å². The number of hydrogen-bond donors (Lipinski definition) is 1. The Morgan fingerprint density at radius 1 is 1.35 bits per heavy atom. The van der Waals surface area contributed by atoms with Crippen LogP contribution in [0.2, 0.25) is 0 Å². The number of nitrogens with zero attached hydrogens (tertiary/aromatic N) is 1. The molecule has 2 atom stereocenters. The zero-order valence-corrected chi connectivity index (χ0v) is 10.6. The maximum Gasteiger partial charge on any atom is 0.164 e. The molecule has 1 fully saturated rings. The van der Waals surface area contributed by atoms with E-state index in [0.29, 0.717) is 18.0 Å². The first-order valence-corrected chi connectivity index (χ1v) is 6.67. The topological polar surface area (TPSA) is 38.1 Å². The van der Waals surface area contributed by atoms with Crippen molar-refractivity contribution in [3.05, 3.63) is 23.6 Å². The number of fused-ring (bicyclic) bond motifs is 2. The summed E-state index contributed by atoms with van der Waals surface area (Å²) < 4.78 is 5.51. The molecule has 1 N–H and O–H groups in total. The van der Waals surface area contributed by atoms with Crippen LogP contribution in [0.15, 0.2) is 16.7 Å². The van der Waals surface area contributed by atoms with Gasteiger partial charge in [0, 0.05) is 23.7 Å². The fourth-order valence-electron chi connectivity index (χ4n) is 2.84. The van der Waals surface area contributed by atoms with Crippen LogP contribution >= 0.6 is 0 Å². The lowest BCUT2D eigenvalue weighted by molar-refractivity contribution is 0.396. The highest BCUT2D eigenvalue weighted by molar-refractivity contribution is 5.67. The van der Waals surface area contributed by atoms with Crippen LogP contribution in [-0.4, -0.2) is 17.2 Å². The van der Waals surface area contributed by atoms with Crippen LogP contribution in [0, 0.1) is 0 Å². The van der Waals surface area contributed by atoms with Crippen LogP contribution < -0.4 is 5.32 Å². The Balaban J connectivity index is 1.88. The van der Waals surface area contributed by atoms with E-state index in [2.05, 4.69) is 36.5 Å². The standard InChI is InChI=1S/C14H20N2O/c1-9(2)13-8-14(17-16-13)11-5-3-4-10-6-7-12(11)15-10/h5,8-10,12,15H,3-4,6-7H2,1-2H3/t10-,12-/m1/s1. The van der Waals surface area contributed by atoms with E-state index in [0.717, 1.165) is 17.9 Å². The number of rotatable bonds is 2. The summed E-state index contributed by atoms with van der Waals surface area (Å²) in [4.78, 5) is 0. The van der Waals surface area contributed by atoms with Crippen molar-refractivity contribution in [1.29, 1.82) is 0 Å². The maximum absolute atomic E-state index is 5.51. The molecule has 92 valence electrons. The predicted octanol–water partition coefficient (Wildman–Crippen LogP) is 3.10. The van der Waals surface area contributed by atoms with E-state index in [1.54, 1.807) is 0 Å². The van der Waals surface area contributed by atoms with Gasteiger partial charge >= 0.3 is 0 Å². The highest BCUT2D eigenvalue weighted by atomic mass is 16.5. The molecule has 1 saturated heterocycles. The molecule has 0 spiro atoms. The Hall–Kier alpha value is -1.09. The molecule has 2 bridgehead atoms. The average Bonchev–Trinajstić information content (AvgIpc) is 2.86. The second-order valence-corrected chi connectivity index (χ2v) is 5.50. The zero-order valence-electron chi connectivity index (χ0n) is 10.6. The molecule has 1 aromatic heterocycles. The van der Waals surface area contributed by atoms with Crippen LogP contribution in [0.5, 0.6) is 0 Å². The van der Waals surface area contributed by atoms with Gasteiger partial charge in [0.05, 0.1) is 5.69 Å². The highest BCUT2D eigenvalue weighted by Gasteiger charge is 2.30. The van der Waals surface area contributed by atoms with Gasteiger partial charge in [0.25, 0.3) is 0 Å². The molecule has 0 unspecified atom stereocenters. The second kappa shape index (κ2) is 4.30. The molecule has 17 heavy (non-hydrogen) atoms. The molecule has 0 saturated carbocycles. The molecule has 0 aromatic carbocycles. The summed E-state index contributed by atoms with van der Waals surface area (Å²) in [6.07, 6.45) is 7.27. The fourth-order valence-corrected chi connectivity index (χ4v) is 2.84. The summed E-state index contributed by atoms with van der Waals surface area (Å²) in [7, 11) is 0. The number of allylic oxidation sites excluding steroid dienone is 1. The first-order valence-electron chi connectivity index (χ1n) is 6.67. The zero-order chi connectivity index (χ0) is 11.8. The molecule has 3 nitrogen and oxygen atoms in total. The van der Waals surface area contributed by atoms with Gasteiger partial charge in [-0.05, 0) is 31.6 Å². The monoisotopic (exact) mass is 232 g/mol. The molecule has 3 heteroatoms. The van der Waals surface area contributed by atoms with E-state index in [1.165, 1.54) is 24.8 Å². The smallest absolute Gasteiger partial charge is 0.164 e. The molecule has 1 aromatic rings. The molecule has 0 amide bonds. The van der Waals surface area contributed by atoms with Crippen molar-refractivity contribution < 1.29 is 4.52 Å². The normalized spacial score (nSPS) is 28.3. The summed E-state index contributed by atoms with van der Waals surface area (Å²) >= 11 is 0. The van der Waals surface area contributed by atoms with E-state index in [9.17, 15) is 0 Å². The van der Waals surface area contributed by atoms with E-state index in [-0.39, 0.29) is 0 Å². The molecule has 3 heterocycles. The third-order valence-electron chi connectivity index (χ3n) is 3.90. The number of aromatic nitrogens is 1. The van der Waals surface area contributed by atoms with Gasteiger partial charge in [-0.3, -0.25) is 0 Å². The summed E-state index contributed by atoms with van der Waals surface area (Å²) in [5, 5.41) is 7.84. The minimum Gasteiger partial charge on any atom is -0.356 e. The second-order valence-electron chi connectivity index (χ2n) is 5.50. The van der Waals surface area contributed by atoms with E-state index < -0.39 is 0 Å². The molecule has 3 rings (SSSR count). The van der Waals surface area contributed by atoms with Crippen LogP contribution in [-0.2, 0) is 0 Å². The quantitative estimate of drug-likeness (QED) is 0.851. The van der Waals surface area contributed by atoms with Crippen molar-refractivity contribution in [1.82, 2.24) is 10.5 Å². The van der Waals surface area contributed by atoms with Crippen LogP contribution in [0.25, 0.3) is 5.57 Å². The lowest BCUT2D eigenvalue weighted by atomic mass is 9.97. The van der Waals surface area contributed by atoms with Gasteiger partial charge in [-0.15, -0.1) is 0 Å². The maximum atomic E-state index is 5.51. The Bertz CT molecular complexity index is 433. The van der Waals surface area contributed by atoms with E-state index >= 15 is 0 Å². The Morgan fingerprint density at radius 2 is 2.24 bits per heavy atom. The van der Waals surface area contributed by atoms with Crippen LogP contribution in [0.4, 0.5) is 0 Å². The van der Waals surface area contributed by atoms with Gasteiger partial charge in [-0.25, -0.2) is 0 Å². The molecule has 0 aliphatic carbocycles. The Morgan fingerprint density at radius 3 is 3.00 bits per heavy atom. The van der Waals surface area contributed by atoms with Gasteiger partial charge in [0.15, 0.2) is 5.76 Å². The minimum absolute atomic E-state index is 0.433. The predicted molar refractivity (Wildman–Crippen MR) is 67.7 cm³/mol. The SMILES string of the molecule is CC(C)c1cc(C2=CCC[C@@H]3CC[C@H]2N3)on1. The van der Waals surface area contributed by atoms with Crippen LogP contribution in [0.1, 0.15) is 56.9 Å². The number of hydrogen-bond acceptors (Lipinski definition) is 3. The third kappa shape index (κ3) is 2.04. The lowest BCUT2D eigenvalue weighted by Crippen LogP contribution is -2.28. The summed E-state index contributed by atoms with van der Waals surface area (Å²) in [5.41, 5.74) is 2.38. The van der Waals surface area contributed by atoms with Crippen molar-refractivity contribution >= 4 is 5.57 Å². The summed E-state index contributed by atoms with van der Waals surface area (Å²) in [6, 6.07) is 3.30. The molecular formula is C14H20N2O. The average molecular weight is 232 g/mol. The van der Waals surface area contributed by atoms with Crippen molar-refractivity contribution in [3.63, 3.8) is 0 Å². The van der Waals surface area contributed by atoms with Crippen LogP contribution in [0.3, 0.4) is 0 Å². The van der Waals surface area contributed by atoms with Gasteiger partial charge in [0.2, 0.25) is 0 Å². The molecule has 0 radical (unpaired) electrons. The van der Waals surface area contributed by atoms with Gasteiger partial charge in [0.1, 0.15) is 0 Å². The van der Waals surface area contributed by atoms with Crippen molar-refractivity contribution in [2.24, 2.45) is 0 Å².